The van der Waals surface area contributed by atoms with Crippen LogP contribution < -0.4 is 11.2 Å². The topological polar surface area (TPSA) is 103 Å². The van der Waals surface area contributed by atoms with E-state index in [-0.39, 0.29) is 44.4 Å². The Morgan fingerprint density at radius 2 is 1.94 bits per heavy atom. The van der Waals surface area contributed by atoms with Crippen molar-refractivity contribution in [3.63, 3.8) is 0 Å². The van der Waals surface area contributed by atoms with Crippen LogP contribution in [0.3, 0.4) is 0 Å². The highest BCUT2D eigenvalue weighted by atomic mass is 35.5. The molecule has 1 aliphatic rings. The highest BCUT2D eigenvalue weighted by Gasteiger charge is 2.38. The van der Waals surface area contributed by atoms with Crippen LogP contribution in [0.15, 0.2) is 40.1 Å². The molecule has 1 fully saturated rings. The van der Waals surface area contributed by atoms with E-state index in [1.165, 1.54) is 0 Å². The van der Waals surface area contributed by atoms with Crippen LogP contribution in [-0.2, 0) is 25.6 Å². The summed E-state index contributed by atoms with van der Waals surface area (Å²) in [4.78, 5) is 39.8. The number of carbonyl (C=O) groups excluding carboxylic acids is 1. The van der Waals surface area contributed by atoms with Gasteiger partial charge in [-0.05, 0) is 30.8 Å². The Hall–Kier alpha value is -2.24. The third-order valence-corrected chi connectivity index (χ3v) is 5.98. The summed E-state index contributed by atoms with van der Waals surface area (Å²) in [6, 6.07) is 7.12. The van der Waals surface area contributed by atoms with Gasteiger partial charge in [-0.2, -0.15) is 4.39 Å². The lowest BCUT2D eigenvalue weighted by atomic mass is 10.1. The zero-order valence-corrected chi connectivity index (χ0v) is 21.1. The lowest BCUT2D eigenvalue weighted by Gasteiger charge is -2.20. The quantitative estimate of drug-likeness (QED) is 0.443. The van der Waals surface area contributed by atoms with Crippen LogP contribution in [-0.4, -0.2) is 58.9 Å². The fourth-order valence-corrected chi connectivity index (χ4v) is 3.82. The van der Waals surface area contributed by atoms with Gasteiger partial charge >= 0.3 is 11.7 Å². The van der Waals surface area contributed by atoms with E-state index in [1.807, 2.05) is 31.0 Å². The monoisotopic (exact) mass is 533 g/mol. The molecule has 1 N–H and O–H groups in total. The second-order valence-electron chi connectivity index (χ2n) is 7.94. The fourth-order valence-electron chi connectivity index (χ4n) is 3.69. The molecule has 0 unspecified atom stereocenters. The van der Waals surface area contributed by atoms with E-state index in [4.69, 9.17) is 25.8 Å². The minimum absolute atomic E-state index is 0. The number of nitrogens with one attached hydrogen (secondary N) is 1. The van der Waals surface area contributed by atoms with Gasteiger partial charge in [-0.3, -0.25) is 19.1 Å². The van der Waals surface area contributed by atoms with E-state index in [0.29, 0.717) is 11.6 Å². The molecule has 1 aliphatic heterocycles. The number of H-pyrrole nitrogens is 1. The van der Waals surface area contributed by atoms with E-state index in [1.54, 1.807) is 12.1 Å². The van der Waals surface area contributed by atoms with Gasteiger partial charge in [-0.15, -0.1) is 12.4 Å². The van der Waals surface area contributed by atoms with Crippen molar-refractivity contribution in [2.75, 3.05) is 26.2 Å². The van der Waals surface area contributed by atoms with Crippen molar-refractivity contribution in [3.05, 3.63) is 67.7 Å². The molecular weight excluding hydrogens is 504 g/mol. The maximum atomic E-state index is 13.8. The lowest BCUT2D eigenvalue weighted by molar-refractivity contribution is -0.151. The third kappa shape index (κ3) is 8.15. The number of hydrogen-bond donors (Lipinski definition) is 1. The predicted molar refractivity (Wildman–Crippen MR) is 130 cm³/mol. The summed E-state index contributed by atoms with van der Waals surface area (Å²) in [5, 5.41) is 0.599. The molecule has 35 heavy (non-hydrogen) atoms. The Balaban J connectivity index is 0.00000432. The smallest absolute Gasteiger partial charge is 0.330 e. The van der Waals surface area contributed by atoms with Crippen LogP contribution in [0.1, 0.15) is 38.5 Å². The standard InChI is InChI=1S/C23H29ClFN3O6.ClH/c1-3-27(4-2)10-9-21(29)33-14-19-18(32-13-15-5-7-16(24)8-6-15)11-20(34-19)28-12-17(25)22(30)26-23(28)31;/h5-8,12,18-20H,3-4,9-11,13-14H2,1-2H3,(H,26,30,31);1H/t18-,19+,20+;/m0./s1. The van der Waals surface area contributed by atoms with Gasteiger partial charge in [-0.25, -0.2) is 4.79 Å². The van der Waals surface area contributed by atoms with Crippen molar-refractivity contribution in [2.24, 2.45) is 0 Å². The highest BCUT2D eigenvalue weighted by molar-refractivity contribution is 6.30. The van der Waals surface area contributed by atoms with E-state index in [9.17, 15) is 18.8 Å². The van der Waals surface area contributed by atoms with Crippen molar-refractivity contribution in [1.29, 1.82) is 0 Å². The summed E-state index contributed by atoms with van der Waals surface area (Å²) in [6.45, 7) is 6.45. The number of carbonyl (C=O) groups is 1. The van der Waals surface area contributed by atoms with E-state index < -0.39 is 35.5 Å². The van der Waals surface area contributed by atoms with Gasteiger partial charge in [-0.1, -0.05) is 37.6 Å². The molecule has 3 atom stereocenters. The molecule has 2 heterocycles. The first-order valence-corrected chi connectivity index (χ1v) is 11.6. The largest absolute Gasteiger partial charge is 0.463 e. The Kier molecular flexibility index (Phi) is 11.4. The number of benzene rings is 1. The van der Waals surface area contributed by atoms with Crippen molar-refractivity contribution in [3.8, 4) is 0 Å². The summed E-state index contributed by atoms with van der Waals surface area (Å²) in [5.41, 5.74) is -1.03. The number of halogens is 3. The molecule has 12 heteroatoms. The second-order valence-corrected chi connectivity index (χ2v) is 8.38. The molecule has 0 aliphatic carbocycles. The number of esters is 1. The maximum absolute atomic E-state index is 13.8. The van der Waals surface area contributed by atoms with Crippen molar-refractivity contribution < 1.29 is 23.4 Å². The number of nitrogens with zero attached hydrogens (tertiary/aromatic N) is 2. The highest BCUT2D eigenvalue weighted by Crippen LogP contribution is 2.31. The molecule has 0 radical (unpaired) electrons. The molecule has 1 saturated heterocycles. The lowest BCUT2D eigenvalue weighted by Crippen LogP contribution is -2.34. The molecule has 0 amide bonds. The molecule has 0 spiro atoms. The predicted octanol–water partition coefficient (Wildman–Crippen LogP) is 2.90. The van der Waals surface area contributed by atoms with E-state index in [0.717, 1.165) is 29.4 Å². The Bertz CT molecular complexity index is 1070. The molecule has 194 valence electrons. The molecular formula is C23H30Cl2FN3O6. The summed E-state index contributed by atoms with van der Waals surface area (Å²) >= 11 is 5.92. The van der Waals surface area contributed by atoms with Crippen LogP contribution in [0.5, 0.6) is 0 Å². The molecule has 0 bridgehead atoms. The summed E-state index contributed by atoms with van der Waals surface area (Å²) in [6.07, 6.45) is -0.886. The number of aromatic amines is 1. The van der Waals surface area contributed by atoms with Crippen LogP contribution >= 0.6 is 24.0 Å². The third-order valence-electron chi connectivity index (χ3n) is 5.73. The Labute approximate surface area is 213 Å². The molecule has 3 rings (SSSR count). The Morgan fingerprint density at radius 1 is 1.26 bits per heavy atom. The van der Waals surface area contributed by atoms with Crippen LogP contribution in [0.4, 0.5) is 4.39 Å². The maximum Gasteiger partial charge on any atom is 0.330 e. The van der Waals surface area contributed by atoms with Crippen molar-refractivity contribution >= 4 is 30.0 Å². The van der Waals surface area contributed by atoms with Gasteiger partial charge in [0.25, 0.3) is 5.56 Å². The number of aromatic nitrogens is 2. The van der Waals surface area contributed by atoms with Crippen molar-refractivity contribution in [1.82, 2.24) is 14.5 Å². The second kappa shape index (κ2) is 13.7. The molecule has 9 nitrogen and oxygen atoms in total. The van der Waals surface area contributed by atoms with Gasteiger partial charge in [0.15, 0.2) is 0 Å². The zero-order valence-electron chi connectivity index (χ0n) is 19.6. The molecule has 0 saturated carbocycles. The average molecular weight is 534 g/mol. The van der Waals surface area contributed by atoms with Crippen LogP contribution in [0.25, 0.3) is 0 Å². The molecule has 1 aromatic heterocycles. The summed E-state index contributed by atoms with van der Waals surface area (Å²) in [7, 11) is 0. The molecule has 1 aromatic carbocycles. The normalized spacial score (nSPS) is 19.5. The zero-order chi connectivity index (χ0) is 24.7. The Morgan fingerprint density at radius 3 is 2.60 bits per heavy atom. The first-order chi connectivity index (χ1) is 16.3. The SMILES string of the molecule is CCN(CC)CCC(=O)OC[C@H]1O[C@@H](n2cc(F)c(=O)[nH]c2=O)C[C@@H]1OCc1ccc(Cl)cc1.Cl. The van der Waals surface area contributed by atoms with Crippen molar-refractivity contribution in [2.45, 2.75) is 51.7 Å². The first kappa shape index (κ1) is 29.0. The number of ether oxygens (including phenoxy) is 3. The minimum Gasteiger partial charge on any atom is -0.463 e. The number of rotatable bonds is 11. The van der Waals surface area contributed by atoms with E-state index >= 15 is 0 Å². The van der Waals surface area contributed by atoms with E-state index in [2.05, 4.69) is 4.90 Å². The fraction of sp³-hybridized carbons (Fsp3) is 0.522. The summed E-state index contributed by atoms with van der Waals surface area (Å²) < 4.78 is 32.1. The van der Waals surface area contributed by atoms with Gasteiger partial charge < -0.3 is 19.1 Å². The minimum atomic E-state index is -1.10. The van der Waals surface area contributed by atoms with Gasteiger partial charge in [0.1, 0.15) is 18.9 Å². The van der Waals surface area contributed by atoms with Gasteiger partial charge in [0.2, 0.25) is 5.82 Å². The number of hydrogen-bond acceptors (Lipinski definition) is 7. The van der Waals surface area contributed by atoms with Gasteiger partial charge in [0, 0.05) is 18.0 Å². The molecule has 2 aromatic rings. The van der Waals surface area contributed by atoms with Crippen LogP contribution in [0, 0.1) is 5.82 Å². The van der Waals surface area contributed by atoms with Crippen LogP contribution in [0.2, 0.25) is 5.02 Å². The summed E-state index contributed by atoms with van der Waals surface area (Å²) in [5.74, 6) is -1.48. The average Bonchev–Trinajstić information content (AvgIpc) is 3.23. The van der Waals surface area contributed by atoms with Gasteiger partial charge in [0.05, 0.1) is 25.3 Å². The first-order valence-electron chi connectivity index (χ1n) is 11.2.